The number of rotatable bonds is 6. The maximum atomic E-state index is 12.2. The number of halogens is 1. The van der Waals surface area contributed by atoms with Crippen LogP contribution >= 0.6 is 27.3 Å². The third-order valence-electron chi connectivity index (χ3n) is 4.00. The lowest BCUT2D eigenvalue weighted by molar-refractivity contribution is -0.152. The molecule has 2 aromatic carbocycles. The number of hydrogen-bond acceptors (Lipinski definition) is 7. The van der Waals surface area contributed by atoms with Crippen LogP contribution in [-0.4, -0.2) is 22.8 Å². The molecule has 0 aliphatic carbocycles. The van der Waals surface area contributed by atoms with Crippen LogP contribution in [0.4, 0.5) is 0 Å². The van der Waals surface area contributed by atoms with Crippen LogP contribution in [-0.2, 0) is 9.53 Å². The van der Waals surface area contributed by atoms with Gasteiger partial charge in [0.1, 0.15) is 5.75 Å². The average molecular weight is 459 g/mol. The summed E-state index contributed by atoms with van der Waals surface area (Å²) in [7, 11) is 0. The quantitative estimate of drug-likeness (QED) is 0.360. The van der Waals surface area contributed by atoms with E-state index in [1.54, 1.807) is 6.92 Å². The normalized spacial score (nSPS) is 12.1. The summed E-state index contributed by atoms with van der Waals surface area (Å²) in [6.07, 6.45) is -0.669. The fraction of sp³-hybridized carbons (Fsp3) is 0.150. The summed E-state index contributed by atoms with van der Waals surface area (Å²) in [5.74, 6) is 0.692. The molecule has 0 radical (unpaired) electrons. The van der Waals surface area contributed by atoms with Gasteiger partial charge in [-0.25, -0.2) is 4.79 Å². The van der Waals surface area contributed by atoms with Crippen molar-refractivity contribution in [2.45, 2.75) is 13.0 Å². The Balaban J connectivity index is 1.37. The molecule has 0 fully saturated rings. The predicted molar refractivity (Wildman–Crippen MR) is 109 cm³/mol. The number of carbonyl (C=O) groups is 1. The second kappa shape index (κ2) is 8.12. The van der Waals surface area contributed by atoms with Crippen LogP contribution in [0.3, 0.4) is 0 Å². The van der Waals surface area contributed by atoms with Crippen molar-refractivity contribution in [1.82, 2.24) is 10.2 Å². The number of ether oxygens (including phenoxy) is 2. The van der Waals surface area contributed by atoms with Gasteiger partial charge in [-0.1, -0.05) is 36.4 Å². The standard InChI is InChI=1S/C20H15BrN2O4S/c1-12(19-22-23-20(27-19)16-7-4-10-28-16)26-17(24)11-25-15-9-8-13-5-2-3-6-14(13)18(15)21/h2-10,12H,11H2,1H3. The van der Waals surface area contributed by atoms with Gasteiger partial charge in [-0.05, 0) is 51.1 Å². The zero-order valence-electron chi connectivity index (χ0n) is 14.8. The third-order valence-corrected chi connectivity index (χ3v) is 5.68. The van der Waals surface area contributed by atoms with Crippen molar-refractivity contribution in [2.75, 3.05) is 6.61 Å². The molecule has 1 atom stereocenters. The highest BCUT2D eigenvalue weighted by Crippen LogP contribution is 2.33. The minimum atomic E-state index is -0.669. The Kier molecular flexibility index (Phi) is 5.40. The number of nitrogens with zero attached hydrogens (tertiary/aromatic N) is 2. The smallest absolute Gasteiger partial charge is 0.344 e. The van der Waals surface area contributed by atoms with Crippen LogP contribution in [0.2, 0.25) is 0 Å². The number of esters is 1. The third kappa shape index (κ3) is 3.93. The molecule has 2 heterocycles. The molecule has 0 aliphatic rings. The highest BCUT2D eigenvalue weighted by molar-refractivity contribution is 9.10. The lowest BCUT2D eigenvalue weighted by Crippen LogP contribution is -2.17. The number of thiophene rings is 1. The van der Waals surface area contributed by atoms with Crippen molar-refractivity contribution < 1.29 is 18.7 Å². The zero-order chi connectivity index (χ0) is 19.5. The van der Waals surface area contributed by atoms with E-state index in [-0.39, 0.29) is 12.5 Å². The van der Waals surface area contributed by atoms with Gasteiger partial charge in [-0.15, -0.1) is 21.5 Å². The fourth-order valence-electron chi connectivity index (χ4n) is 2.64. The van der Waals surface area contributed by atoms with Crippen molar-refractivity contribution in [1.29, 1.82) is 0 Å². The van der Waals surface area contributed by atoms with Crippen LogP contribution < -0.4 is 4.74 Å². The van der Waals surface area contributed by atoms with Crippen LogP contribution in [0.15, 0.2) is 62.8 Å². The molecule has 0 spiro atoms. The molecule has 0 N–H and O–H groups in total. The molecule has 6 nitrogen and oxygen atoms in total. The first-order valence-corrected chi connectivity index (χ1v) is 10.2. The number of benzene rings is 2. The molecule has 0 aliphatic heterocycles. The number of aromatic nitrogens is 2. The molecule has 2 aromatic heterocycles. The lowest BCUT2D eigenvalue weighted by Gasteiger charge is -2.12. The molecule has 142 valence electrons. The summed E-state index contributed by atoms with van der Waals surface area (Å²) in [6.45, 7) is 1.45. The van der Waals surface area contributed by atoms with E-state index in [1.807, 2.05) is 53.9 Å². The number of fused-ring (bicyclic) bond motifs is 1. The Bertz CT molecular complexity index is 1110. The van der Waals surface area contributed by atoms with Gasteiger partial charge in [-0.3, -0.25) is 0 Å². The van der Waals surface area contributed by atoms with E-state index in [2.05, 4.69) is 26.1 Å². The SMILES string of the molecule is CC(OC(=O)COc1ccc2ccccc2c1Br)c1nnc(-c2cccs2)o1. The van der Waals surface area contributed by atoms with Crippen LogP contribution in [0, 0.1) is 0 Å². The molecule has 0 saturated heterocycles. The van der Waals surface area contributed by atoms with Gasteiger partial charge in [0.15, 0.2) is 12.7 Å². The summed E-state index contributed by atoms with van der Waals surface area (Å²) in [6, 6.07) is 15.4. The van der Waals surface area contributed by atoms with E-state index in [0.717, 1.165) is 20.1 Å². The Hall–Kier alpha value is -2.71. The Morgan fingerprint density at radius 3 is 2.86 bits per heavy atom. The number of hydrogen-bond donors (Lipinski definition) is 0. The molecule has 0 amide bonds. The summed E-state index contributed by atoms with van der Waals surface area (Å²) >= 11 is 5.03. The predicted octanol–water partition coefficient (Wildman–Crippen LogP) is 5.40. The topological polar surface area (TPSA) is 74.5 Å². The van der Waals surface area contributed by atoms with E-state index < -0.39 is 12.1 Å². The maximum absolute atomic E-state index is 12.2. The van der Waals surface area contributed by atoms with E-state index in [4.69, 9.17) is 13.9 Å². The first-order chi connectivity index (χ1) is 13.6. The Labute approximate surface area is 173 Å². The van der Waals surface area contributed by atoms with Crippen LogP contribution in [0.5, 0.6) is 5.75 Å². The fourth-order valence-corrected chi connectivity index (χ4v) is 3.89. The van der Waals surface area contributed by atoms with Gasteiger partial charge < -0.3 is 13.9 Å². The molecular formula is C20H15BrN2O4S. The molecule has 4 aromatic rings. The monoisotopic (exact) mass is 458 g/mol. The van der Waals surface area contributed by atoms with Crippen molar-refractivity contribution in [3.05, 3.63) is 64.3 Å². The maximum Gasteiger partial charge on any atom is 0.344 e. The van der Waals surface area contributed by atoms with Crippen molar-refractivity contribution in [3.8, 4) is 16.5 Å². The van der Waals surface area contributed by atoms with Crippen LogP contribution in [0.1, 0.15) is 18.9 Å². The van der Waals surface area contributed by atoms with Crippen molar-refractivity contribution in [2.24, 2.45) is 0 Å². The van der Waals surface area contributed by atoms with Gasteiger partial charge in [0, 0.05) is 0 Å². The van der Waals surface area contributed by atoms with E-state index in [1.165, 1.54) is 11.3 Å². The van der Waals surface area contributed by atoms with Gasteiger partial charge in [-0.2, -0.15) is 0 Å². The summed E-state index contributed by atoms with van der Waals surface area (Å²) in [4.78, 5) is 13.0. The summed E-state index contributed by atoms with van der Waals surface area (Å²) < 4.78 is 17.3. The molecule has 1 unspecified atom stereocenters. The molecule has 4 rings (SSSR count). The van der Waals surface area contributed by atoms with E-state index in [0.29, 0.717) is 11.6 Å². The number of carbonyl (C=O) groups excluding carboxylic acids is 1. The lowest BCUT2D eigenvalue weighted by atomic mass is 10.1. The largest absolute Gasteiger partial charge is 0.481 e. The highest BCUT2D eigenvalue weighted by atomic mass is 79.9. The Morgan fingerprint density at radius 1 is 1.18 bits per heavy atom. The summed E-state index contributed by atoms with van der Waals surface area (Å²) in [5, 5.41) is 12.0. The molecule has 28 heavy (non-hydrogen) atoms. The van der Waals surface area contributed by atoms with E-state index >= 15 is 0 Å². The zero-order valence-corrected chi connectivity index (χ0v) is 17.2. The summed E-state index contributed by atoms with van der Waals surface area (Å²) in [5.41, 5.74) is 0. The first kappa shape index (κ1) is 18.6. The van der Waals surface area contributed by atoms with Crippen molar-refractivity contribution in [3.63, 3.8) is 0 Å². The minimum Gasteiger partial charge on any atom is -0.481 e. The minimum absolute atomic E-state index is 0.229. The second-order valence-electron chi connectivity index (χ2n) is 5.94. The van der Waals surface area contributed by atoms with Gasteiger partial charge >= 0.3 is 5.97 Å². The average Bonchev–Trinajstić information content (AvgIpc) is 3.39. The molecule has 0 saturated carbocycles. The van der Waals surface area contributed by atoms with Crippen molar-refractivity contribution >= 4 is 44.0 Å². The second-order valence-corrected chi connectivity index (χ2v) is 7.68. The first-order valence-electron chi connectivity index (χ1n) is 8.48. The molecular weight excluding hydrogens is 444 g/mol. The van der Waals surface area contributed by atoms with E-state index in [9.17, 15) is 4.79 Å². The molecule has 0 bridgehead atoms. The highest BCUT2D eigenvalue weighted by Gasteiger charge is 2.20. The van der Waals surface area contributed by atoms with Gasteiger partial charge in [0.25, 0.3) is 11.8 Å². The van der Waals surface area contributed by atoms with Gasteiger partial charge in [0.05, 0.1) is 9.35 Å². The van der Waals surface area contributed by atoms with Gasteiger partial charge in [0.2, 0.25) is 0 Å². The Morgan fingerprint density at radius 2 is 2.04 bits per heavy atom. The van der Waals surface area contributed by atoms with Crippen LogP contribution in [0.25, 0.3) is 21.5 Å². The molecule has 8 heteroatoms.